The van der Waals surface area contributed by atoms with Crippen LogP contribution in [0.15, 0.2) is 35.1 Å². The van der Waals surface area contributed by atoms with E-state index in [1.807, 2.05) is 0 Å². The SMILES string of the molecule is Cc1cc(=O)n2[nH]c(NC(=O)C(C)N3C(=O)c4ccccc4C3=O)nc2n1. The normalized spacial score (nSPS) is 14.5. The van der Waals surface area contributed by atoms with Crippen molar-refractivity contribution in [3.63, 3.8) is 0 Å². The van der Waals surface area contributed by atoms with E-state index in [1.165, 1.54) is 13.0 Å². The van der Waals surface area contributed by atoms with E-state index in [0.29, 0.717) is 5.69 Å². The molecule has 1 aliphatic heterocycles. The zero-order valence-electron chi connectivity index (χ0n) is 14.4. The third-order valence-electron chi connectivity index (χ3n) is 4.29. The maximum atomic E-state index is 12.5. The molecule has 0 bridgehead atoms. The van der Waals surface area contributed by atoms with E-state index in [2.05, 4.69) is 20.4 Å². The fourth-order valence-electron chi connectivity index (χ4n) is 2.95. The van der Waals surface area contributed by atoms with Gasteiger partial charge in [-0.15, -0.1) is 0 Å². The smallest absolute Gasteiger partial charge is 0.274 e. The molecule has 3 heterocycles. The van der Waals surface area contributed by atoms with Gasteiger partial charge in [0.05, 0.1) is 11.1 Å². The third-order valence-corrected chi connectivity index (χ3v) is 4.29. The number of carbonyl (C=O) groups is 3. The molecule has 10 heteroatoms. The maximum Gasteiger partial charge on any atom is 0.274 e. The number of nitrogens with zero attached hydrogens (tertiary/aromatic N) is 4. The van der Waals surface area contributed by atoms with Gasteiger partial charge in [-0.3, -0.25) is 34.5 Å². The predicted octanol–water partition coefficient (Wildman–Crippen LogP) is 0.349. The second-order valence-electron chi connectivity index (χ2n) is 6.13. The van der Waals surface area contributed by atoms with Gasteiger partial charge in [-0.2, -0.15) is 9.50 Å². The van der Waals surface area contributed by atoms with Crippen molar-refractivity contribution in [3.8, 4) is 0 Å². The van der Waals surface area contributed by atoms with Crippen LogP contribution in [-0.2, 0) is 4.79 Å². The lowest BCUT2D eigenvalue weighted by Gasteiger charge is -2.20. The Morgan fingerprint density at radius 3 is 2.37 bits per heavy atom. The number of rotatable bonds is 3. The van der Waals surface area contributed by atoms with E-state index in [4.69, 9.17) is 0 Å². The molecule has 1 aliphatic rings. The highest BCUT2D eigenvalue weighted by molar-refractivity contribution is 6.23. The molecule has 2 N–H and O–H groups in total. The second kappa shape index (κ2) is 5.87. The minimum atomic E-state index is -1.07. The van der Waals surface area contributed by atoms with Gasteiger partial charge in [0.1, 0.15) is 6.04 Å². The van der Waals surface area contributed by atoms with Crippen LogP contribution in [0.4, 0.5) is 5.95 Å². The molecule has 3 amide bonds. The number of aromatic nitrogens is 4. The van der Waals surface area contributed by atoms with E-state index in [1.54, 1.807) is 31.2 Å². The molecule has 0 radical (unpaired) electrons. The monoisotopic (exact) mass is 366 g/mol. The highest BCUT2D eigenvalue weighted by atomic mass is 16.2. The first-order valence-electron chi connectivity index (χ1n) is 8.11. The van der Waals surface area contributed by atoms with Gasteiger partial charge >= 0.3 is 0 Å². The number of nitrogens with one attached hydrogen (secondary N) is 2. The molecule has 2 aromatic heterocycles. The van der Waals surface area contributed by atoms with Gasteiger partial charge in [0, 0.05) is 11.8 Å². The lowest BCUT2D eigenvalue weighted by molar-refractivity contribution is -0.119. The maximum absolute atomic E-state index is 12.5. The number of amides is 3. The average Bonchev–Trinajstić information content (AvgIpc) is 3.14. The van der Waals surface area contributed by atoms with Crippen LogP contribution in [0.25, 0.3) is 5.78 Å². The highest BCUT2D eigenvalue weighted by Gasteiger charge is 2.40. The minimum absolute atomic E-state index is 0.0151. The average molecular weight is 366 g/mol. The van der Waals surface area contributed by atoms with Crippen LogP contribution in [0.3, 0.4) is 0 Å². The van der Waals surface area contributed by atoms with Crippen molar-refractivity contribution >= 4 is 29.4 Å². The Morgan fingerprint density at radius 2 is 1.74 bits per heavy atom. The van der Waals surface area contributed by atoms with Crippen LogP contribution in [0.1, 0.15) is 33.3 Å². The fourth-order valence-corrected chi connectivity index (χ4v) is 2.95. The summed E-state index contributed by atoms with van der Waals surface area (Å²) < 4.78 is 1.08. The number of benzene rings is 1. The molecular weight excluding hydrogens is 352 g/mol. The molecule has 0 saturated carbocycles. The van der Waals surface area contributed by atoms with Crippen molar-refractivity contribution in [3.05, 3.63) is 57.5 Å². The molecule has 0 fully saturated rings. The van der Waals surface area contributed by atoms with Gasteiger partial charge < -0.3 is 0 Å². The molecule has 3 aromatic rings. The first-order valence-corrected chi connectivity index (χ1v) is 8.11. The Balaban J connectivity index is 1.59. The van der Waals surface area contributed by atoms with Gasteiger partial charge in [0.25, 0.3) is 23.2 Å². The number of anilines is 1. The third kappa shape index (κ3) is 2.58. The molecule has 0 saturated heterocycles. The summed E-state index contributed by atoms with van der Waals surface area (Å²) >= 11 is 0. The van der Waals surface area contributed by atoms with Crippen LogP contribution in [0.5, 0.6) is 0 Å². The Bertz CT molecular complexity index is 1140. The lowest BCUT2D eigenvalue weighted by Crippen LogP contribution is -2.45. The number of aryl methyl sites for hydroxylation is 1. The van der Waals surface area contributed by atoms with Crippen molar-refractivity contribution in [1.82, 2.24) is 24.5 Å². The molecule has 0 aliphatic carbocycles. The molecule has 0 spiro atoms. The quantitative estimate of drug-likeness (QED) is 0.644. The molecule has 4 rings (SSSR count). The van der Waals surface area contributed by atoms with Crippen LogP contribution in [0.2, 0.25) is 0 Å². The van der Waals surface area contributed by atoms with Gasteiger partial charge in [-0.05, 0) is 26.0 Å². The van der Waals surface area contributed by atoms with Gasteiger partial charge in [-0.25, -0.2) is 4.98 Å². The molecule has 1 atom stereocenters. The number of fused-ring (bicyclic) bond motifs is 2. The van der Waals surface area contributed by atoms with Gasteiger partial charge in [0.2, 0.25) is 11.9 Å². The summed E-state index contributed by atoms with van der Waals surface area (Å²) in [5, 5.41) is 5.09. The molecule has 10 nitrogen and oxygen atoms in total. The Labute approximate surface area is 151 Å². The Kier molecular flexibility index (Phi) is 3.62. The first-order chi connectivity index (χ1) is 12.9. The number of hydrogen-bond acceptors (Lipinski definition) is 6. The lowest BCUT2D eigenvalue weighted by atomic mass is 10.1. The van der Waals surface area contributed by atoms with Gasteiger partial charge in [-0.1, -0.05) is 12.1 Å². The van der Waals surface area contributed by atoms with Crippen LogP contribution >= 0.6 is 0 Å². The van der Waals surface area contributed by atoms with E-state index < -0.39 is 23.8 Å². The zero-order chi connectivity index (χ0) is 19.3. The van der Waals surface area contributed by atoms with Crippen molar-refractivity contribution in [2.75, 3.05) is 5.32 Å². The van der Waals surface area contributed by atoms with Crippen LogP contribution in [0, 0.1) is 6.92 Å². The van der Waals surface area contributed by atoms with E-state index in [0.717, 1.165) is 9.42 Å². The topological polar surface area (TPSA) is 130 Å². The largest absolute Gasteiger partial charge is 0.293 e. The Hall–Kier alpha value is -3.82. The number of carbonyl (C=O) groups excluding carboxylic acids is 3. The summed E-state index contributed by atoms with van der Waals surface area (Å²) in [6.07, 6.45) is 0. The van der Waals surface area contributed by atoms with Crippen molar-refractivity contribution in [2.45, 2.75) is 19.9 Å². The number of H-pyrrole nitrogens is 1. The summed E-state index contributed by atoms with van der Waals surface area (Å²) in [5.41, 5.74) is 0.636. The van der Waals surface area contributed by atoms with Crippen molar-refractivity contribution in [2.24, 2.45) is 0 Å². The fraction of sp³-hybridized carbons (Fsp3) is 0.176. The summed E-state index contributed by atoms with van der Waals surface area (Å²) in [6, 6.07) is 6.63. The molecule has 136 valence electrons. The van der Waals surface area contributed by atoms with Crippen molar-refractivity contribution < 1.29 is 14.4 Å². The minimum Gasteiger partial charge on any atom is -0.293 e. The molecular formula is C17H14N6O4. The van der Waals surface area contributed by atoms with E-state index >= 15 is 0 Å². The van der Waals surface area contributed by atoms with Gasteiger partial charge in [0.15, 0.2) is 0 Å². The van der Waals surface area contributed by atoms with E-state index in [9.17, 15) is 19.2 Å². The number of imide groups is 1. The Morgan fingerprint density at radius 1 is 1.11 bits per heavy atom. The second-order valence-corrected chi connectivity index (χ2v) is 6.13. The first kappa shape index (κ1) is 16.6. The molecule has 27 heavy (non-hydrogen) atoms. The summed E-state index contributed by atoms with van der Waals surface area (Å²) in [7, 11) is 0. The van der Waals surface area contributed by atoms with Crippen LogP contribution < -0.4 is 10.9 Å². The number of hydrogen-bond donors (Lipinski definition) is 2. The standard InChI is InChI=1S/C17H14N6O4/c1-8-7-12(24)23-17(18-8)20-16(21-23)19-13(25)9(2)22-14(26)10-5-3-4-6-11(10)15(22)27/h3-7,9H,1-2H3,(H2,18,19,20,21,25). The summed E-state index contributed by atoms with van der Waals surface area (Å²) in [5.74, 6) is -1.61. The molecule has 1 aromatic carbocycles. The van der Waals surface area contributed by atoms with Crippen LogP contribution in [-0.4, -0.2) is 48.2 Å². The zero-order valence-corrected chi connectivity index (χ0v) is 14.4. The van der Waals surface area contributed by atoms with Crippen molar-refractivity contribution in [1.29, 1.82) is 0 Å². The highest BCUT2D eigenvalue weighted by Crippen LogP contribution is 2.24. The number of aromatic amines is 1. The molecule has 1 unspecified atom stereocenters. The predicted molar refractivity (Wildman–Crippen MR) is 93.4 cm³/mol. The summed E-state index contributed by atoms with van der Waals surface area (Å²) in [4.78, 5) is 58.4. The van der Waals surface area contributed by atoms with E-state index in [-0.39, 0.29) is 28.4 Å². The summed E-state index contributed by atoms with van der Waals surface area (Å²) in [6.45, 7) is 3.09.